The van der Waals surface area contributed by atoms with E-state index in [1.807, 2.05) is 28.8 Å². The van der Waals surface area contributed by atoms with Gasteiger partial charge in [-0.25, -0.2) is 9.97 Å². The second-order valence-corrected chi connectivity index (χ2v) is 10.1. The average molecular weight is 485 g/mol. The lowest BCUT2D eigenvalue weighted by Crippen LogP contribution is -2.39. The monoisotopic (exact) mass is 484 g/mol. The molecule has 1 aliphatic heterocycles. The molecule has 0 aliphatic carbocycles. The van der Waals surface area contributed by atoms with Crippen molar-refractivity contribution in [3.8, 4) is 5.69 Å². The van der Waals surface area contributed by atoms with Gasteiger partial charge in [-0.2, -0.15) is 4.98 Å². The fourth-order valence-corrected chi connectivity index (χ4v) is 5.41. The molecule has 6 rings (SSSR count). The molecule has 5 aromatic rings. The topological polar surface area (TPSA) is 87.1 Å². The number of rotatable bonds is 3. The summed E-state index contributed by atoms with van der Waals surface area (Å²) in [6, 6.07) is 13.9. The van der Waals surface area contributed by atoms with E-state index in [-0.39, 0.29) is 10.9 Å². The molecule has 0 spiro atoms. The van der Waals surface area contributed by atoms with Crippen LogP contribution >= 0.6 is 11.6 Å². The third-order valence-corrected chi connectivity index (χ3v) is 6.91. The number of imidazole rings is 1. The molecule has 0 amide bonds. The Balaban J connectivity index is 1.45. The molecule has 0 saturated heterocycles. The Morgan fingerprint density at radius 3 is 2.77 bits per heavy atom. The van der Waals surface area contributed by atoms with Crippen molar-refractivity contribution in [2.75, 3.05) is 18.9 Å². The van der Waals surface area contributed by atoms with Crippen LogP contribution in [0.1, 0.15) is 25.0 Å². The number of hydrogen-bond donors (Lipinski definition) is 2. The first-order chi connectivity index (χ1) is 16.8. The van der Waals surface area contributed by atoms with Crippen LogP contribution in [0.4, 0.5) is 11.6 Å². The number of nitrogens with one attached hydrogen (secondary N) is 2. The summed E-state index contributed by atoms with van der Waals surface area (Å²) < 4.78 is 3.57. The van der Waals surface area contributed by atoms with Crippen LogP contribution in [-0.2, 0) is 12.0 Å². The molecule has 9 heteroatoms. The van der Waals surface area contributed by atoms with E-state index in [1.54, 1.807) is 23.0 Å². The van der Waals surface area contributed by atoms with Crippen LogP contribution in [0.3, 0.4) is 0 Å². The maximum absolute atomic E-state index is 8.89. The van der Waals surface area contributed by atoms with Gasteiger partial charge in [-0.15, -0.1) is 0 Å². The SMILES string of the molecule is CN1Cc2cc(Nc3ncc4c(=N)n(-c5ccccc5Cl)c5nccn5c4n3)ccc2C(C)(C)C1. The lowest BCUT2D eigenvalue weighted by atomic mass is 9.78. The number of nitrogens with zero attached hydrogens (tertiary/aromatic N) is 6. The van der Waals surface area contributed by atoms with E-state index in [1.165, 1.54) is 11.1 Å². The highest BCUT2D eigenvalue weighted by atomic mass is 35.5. The number of para-hydroxylation sites is 1. The van der Waals surface area contributed by atoms with Crippen LogP contribution in [0, 0.1) is 5.41 Å². The first-order valence-corrected chi connectivity index (χ1v) is 11.8. The molecular weight excluding hydrogens is 460 g/mol. The minimum Gasteiger partial charge on any atom is -0.324 e. The van der Waals surface area contributed by atoms with Crippen LogP contribution < -0.4 is 10.8 Å². The maximum atomic E-state index is 8.89. The third-order valence-electron chi connectivity index (χ3n) is 6.59. The Kier molecular flexibility index (Phi) is 4.91. The van der Waals surface area contributed by atoms with E-state index in [4.69, 9.17) is 22.0 Å². The lowest BCUT2D eigenvalue weighted by Gasteiger charge is -2.38. The molecule has 35 heavy (non-hydrogen) atoms. The summed E-state index contributed by atoms with van der Waals surface area (Å²) in [7, 11) is 2.15. The van der Waals surface area contributed by atoms with Gasteiger partial charge in [0.2, 0.25) is 11.7 Å². The van der Waals surface area contributed by atoms with Crippen LogP contribution in [0.5, 0.6) is 0 Å². The van der Waals surface area contributed by atoms with Gasteiger partial charge in [0.15, 0.2) is 5.65 Å². The summed E-state index contributed by atoms with van der Waals surface area (Å²) in [5, 5.41) is 13.4. The molecule has 0 atom stereocenters. The number of likely N-dealkylation sites (N-methyl/N-ethyl adjacent to an activating group) is 1. The minimum absolute atomic E-state index is 0.106. The number of benzene rings is 2. The van der Waals surface area contributed by atoms with Crippen molar-refractivity contribution < 1.29 is 0 Å². The van der Waals surface area contributed by atoms with Crippen molar-refractivity contribution in [3.05, 3.63) is 82.7 Å². The molecule has 0 bridgehead atoms. The Morgan fingerprint density at radius 1 is 1.11 bits per heavy atom. The van der Waals surface area contributed by atoms with Crippen LogP contribution in [0.2, 0.25) is 5.02 Å². The summed E-state index contributed by atoms with van der Waals surface area (Å²) in [6.07, 6.45) is 5.20. The molecule has 8 nitrogen and oxygen atoms in total. The van der Waals surface area contributed by atoms with Gasteiger partial charge < -0.3 is 10.2 Å². The van der Waals surface area contributed by atoms with Crippen molar-refractivity contribution >= 4 is 40.0 Å². The summed E-state index contributed by atoms with van der Waals surface area (Å²) in [6.45, 7) is 6.51. The fourth-order valence-electron chi connectivity index (χ4n) is 5.19. The normalized spacial score (nSPS) is 15.4. The Labute approximate surface area is 207 Å². The predicted octanol–water partition coefficient (Wildman–Crippen LogP) is 4.67. The molecule has 1 aliphatic rings. The number of hydrogen-bond acceptors (Lipinski definition) is 6. The van der Waals surface area contributed by atoms with E-state index in [0.29, 0.717) is 33.5 Å². The minimum atomic E-state index is 0.106. The quantitative estimate of drug-likeness (QED) is 0.388. The van der Waals surface area contributed by atoms with Crippen molar-refractivity contribution in [3.63, 3.8) is 0 Å². The molecule has 176 valence electrons. The van der Waals surface area contributed by atoms with Gasteiger partial charge in [-0.3, -0.25) is 14.4 Å². The van der Waals surface area contributed by atoms with E-state index in [9.17, 15) is 0 Å². The van der Waals surface area contributed by atoms with Gasteiger partial charge in [0.05, 0.1) is 16.1 Å². The molecule has 3 aromatic heterocycles. The second-order valence-electron chi connectivity index (χ2n) is 9.72. The highest BCUT2D eigenvalue weighted by molar-refractivity contribution is 6.32. The maximum Gasteiger partial charge on any atom is 0.229 e. The van der Waals surface area contributed by atoms with Crippen molar-refractivity contribution in [1.29, 1.82) is 5.41 Å². The highest BCUT2D eigenvalue weighted by Crippen LogP contribution is 2.34. The largest absolute Gasteiger partial charge is 0.324 e. The second kappa shape index (κ2) is 7.90. The zero-order valence-corrected chi connectivity index (χ0v) is 20.5. The van der Waals surface area contributed by atoms with Crippen molar-refractivity contribution in [2.24, 2.45) is 0 Å². The Bertz CT molecular complexity index is 1670. The molecule has 4 heterocycles. The Hall–Kier alpha value is -3.75. The summed E-state index contributed by atoms with van der Waals surface area (Å²) in [4.78, 5) is 16.1. The van der Waals surface area contributed by atoms with Crippen molar-refractivity contribution in [2.45, 2.75) is 25.8 Å². The third kappa shape index (κ3) is 3.57. The van der Waals surface area contributed by atoms with Gasteiger partial charge in [0.25, 0.3) is 0 Å². The molecule has 2 aromatic carbocycles. The Morgan fingerprint density at radius 2 is 1.94 bits per heavy atom. The molecule has 0 unspecified atom stereocenters. The van der Waals surface area contributed by atoms with E-state index < -0.39 is 0 Å². The standard InChI is InChI=1S/C26H25ClN8/c1-26(2)15-33(3)14-16-12-17(8-9-19(16)26)31-24-30-13-18-22(28)35(21-7-5-4-6-20(21)27)25-29-10-11-34(25)23(18)32-24/h4-13,28H,14-15H2,1-3H3,(H,30,31,32). The van der Waals surface area contributed by atoms with E-state index >= 15 is 0 Å². The fraction of sp³-hybridized carbons (Fsp3) is 0.231. The van der Waals surface area contributed by atoms with Gasteiger partial charge in [-0.1, -0.05) is 43.6 Å². The van der Waals surface area contributed by atoms with Gasteiger partial charge in [0.1, 0.15) is 5.49 Å². The summed E-state index contributed by atoms with van der Waals surface area (Å²) >= 11 is 6.46. The average Bonchev–Trinajstić information content (AvgIpc) is 3.29. The molecule has 0 fully saturated rings. The smallest absolute Gasteiger partial charge is 0.229 e. The zero-order chi connectivity index (χ0) is 24.3. The van der Waals surface area contributed by atoms with Gasteiger partial charge in [0, 0.05) is 42.8 Å². The first kappa shape index (κ1) is 21.8. The van der Waals surface area contributed by atoms with Crippen LogP contribution in [-0.4, -0.2) is 42.4 Å². The van der Waals surface area contributed by atoms with Crippen LogP contribution in [0.25, 0.3) is 22.5 Å². The molecule has 2 N–H and O–H groups in total. The number of anilines is 2. The van der Waals surface area contributed by atoms with Gasteiger partial charge in [-0.05, 0) is 42.4 Å². The van der Waals surface area contributed by atoms with E-state index in [2.05, 4.69) is 59.3 Å². The molecule has 0 saturated carbocycles. The summed E-state index contributed by atoms with van der Waals surface area (Å²) in [5.74, 6) is 1.02. The predicted molar refractivity (Wildman–Crippen MR) is 138 cm³/mol. The van der Waals surface area contributed by atoms with Gasteiger partial charge >= 0.3 is 0 Å². The first-order valence-electron chi connectivity index (χ1n) is 11.5. The zero-order valence-electron chi connectivity index (χ0n) is 19.7. The van der Waals surface area contributed by atoms with Crippen LogP contribution in [0.15, 0.2) is 61.1 Å². The number of aromatic nitrogens is 5. The lowest BCUT2D eigenvalue weighted by molar-refractivity contribution is 0.236. The van der Waals surface area contributed by atoms with Crippen molar-refractivity contribution in [1.82, 2.24) is 28.8 Å². The summed E-state index contributed by atoms with van der Waals surface area (Å²) in [5.41, 5.74) is 5.23. The number of fused-ring (bicyclic) bond motifs is 4. The number of halogens is 1. The molecular formula is C26H25ClN8. The van der Waals surface area contributed by atoms with E-state index in [0.717, 1.165) is 18.8 Å². The highest BCUT2D eigenvalue weighted by Gasteiger charge is 2.30. The molecule has 0 radical (unpaired) electrons.